The van der Waals surface area contributed by atoms with Crippen LogP contribution in [0.25, 0.3) is 0 Å². The summed E-state index contributed by atoms with van der Waals surface area (Å²) in [6, 6.07) is 14.6. The van der Waals surface area contributed by atoms with E-state index in [1.54, 1.807) is 54.9 Å². The maximum atomic E-state index is 13.0. The van der Waals surface area contributed by atoms with Crippen molar-refractivity contribution in [3.8, 4) is 0 Å². The van der Waals surface area contributed by atoms with E-state index in [0.29, 0.717) is 17.2 Å². The number of sulfone groups is 1. The number of aromatic nitrogens is 1. The highest BCUT2D eigenvalue weighted by Gasteiger charge is 2.33. The summed E-state index contributed by atoms with van der Waals surface area (Å²) < 4.78 is 65.1. The molecule has 0 aliphatic heterocycles. The van der Waals surface area contributed by atoms with Crippen LogP contribution in [0.1, 0.15) is 22.6 Å². The third-order valence-electron chi connectivity index (χ3n) is 4.27. The fourth-order valence-corrected chi connectivity index (χ4v) is 5.02. The molecule has 0 bridgehead atoms. The van der Waals surface area contributed by atoms with Crippen molar-refractivity contribution in [1.29, 1.82) is 0 Å². The molecule has 3 rings (SSSR count). The van der Waals surface area contributed by atoms with Gasteiger partial charge in [-0.1, -0.05) is 48.0 Å². The van der Waals surface area contributed by atoms with Gasteiger partial charge >= 0.3 is 6.18 Å². The quantitative estimate of drug-likeness (QED) is 0.553. The van der Waals surface area contributed by atoms with E-state index < -0.39 is 38.1 Å². The molecule has 0 aliphatic rings. The molecule has 0 aliphatic carbocycles. The minimum Gasteiger partial charge on any atom is -0.264 e. The lowest BCUT2D eigenvalue weighted by atomic mass is 9.94. The van der Waals surface area contributed by atoms with E-state index in [0.717, 1.165) is 12.1 Å². The van der Waals surface area contributed by atoms with Gasteiger partial charge in [-0.3, -0.25) is 4.98 Å². The Morgan fingerprint density at radius 2 is 1.64 bits per heavy atom. The topological polar surface area (TPSA) is 47.0 Å². The summed E-state index contributed by atoms with van der Waals surface area (Å²) in [5, 5.41) is -0.244. The molecule has 8 heteroatoms. The first-order valence-corrected chi connectivity index (χ1v) is 10.3. The molecule has 3 aromatic rings. The largest absolute Gasteiger partial charge is 0.416 e. The summed E-state index contributed by atoms with van der Waals surface area (Å²) in [5.41, 5.74) is 0.288. The van der Waals surface area contributed by atoms with Crippen LogP contribution < -0.4 is 0 Å². The molecule has 0 fully saturated rings. The van der Waals surface area contributed by atoms with E-state index in [9.17, 15) is 21.6 Å². The van der Waals surface area contributed by atoms with Gasteiger partial charge in [0.25, 0.3) is 0 Å². The highest BCUT2D eigenvalue weighted by molar-refractivity contribution is 7.91. The Hall–Kier alpha value is -2.38. The molecule has 146 valence electrons. The maximum Gasteiger partial charge on any atom is 0.416 e. The summed E-state index contributed by atoms with van der Waals surface area (Å²) >= 11 is 5.95. The summed E-state index contributed by atoms with van der Waals surface area (Å²) in [6.07, 6.45) is -1.57. The van der Waals surface area contributed by atoms with Crippen LogP contribution in [0, 0.1) is 0 Å². The molecule has 2 aromatic carbocycles. The molecule has 1 aromatic heterocycles. The molecule has 0 saturated heterocycles. The Bertz CT molecular complexity index is 1020. The lowest BCUT2D eigenvalue weighted by molar-refractivity contribution is -0.137. The molecule has 0 radical (unpaired) electrons. The minimum absolute atomic E-state index is 0.244. The normalized spacial score (nSPS) is 13.3. The average Bonchev–Trinajstić information content (AvgIpc) is 2.67. The number of rotatable bonds is 5. The monoisotopic (exact) mass is 425 g/mol. The highest BCUT2D eigenvalue weighted by Crippen LogP contribution is 2.35. The third kappa shape index (κ3) is 4.54. The molecule has 3 nitrogen and oxygen atoms in total. The van der Waals surface area contributed by atoms with E-state index >= 15 is 0 Å². The van der Waals surface area contributed by atoms with Gasteiger partial charge in [0, 0.05) is 18.3 Å². The van der Waals surface area contributed by atoms with Gasteiger partial charge in [0.1, 0.15) is 0 Å². The molecular weight excluding hydrogens is 411 g/mol. The van der Waals surface area contributed by atoms with Gasteiger partial charge in [-0.15, -0.1) is 0 Å². The Balaban J connectivity index is 2.06. The van der Waals surface area contributed by atoms with E-state index in [1.807, 2.05) is 0 Å². The van der Waals surface area contributed by atoms with E-state index in [1.165, 1.54) is 0 Å². The minimum atomic E-state index is -4.67. The molecule has 1 atom stereocenters. The molecular formula is C20H15ClF3NO2S. The van der Waals surface area contributed by atoms with Crippen LogP contribution in [0.4, 0.5) is 13.2 Å². The fraction of sp³-hybridized carbons (Fsp3) is 0.150. The van der Waals surface area contributed by atoms with Crippen LogP contribution in [0.5, 0.6) is 0 Å². The van der Waals surface area contributed by atoms with Gasteiger partial charge in [-0.05, 0) is 35.4 Å². The second kappa shape index (κ2) is 7.93. The first-order valence-electron chi connectivity index (χ1n) is 8.23. The van der Waals surface area contributed by atoms with Gasteiger partial charge in [-0.25, -0.2) is 8.42 Å². The molecule has 0 saturated carbocycles. The van der Waals surface area contributed by atoms with Crippen molar-refractivity contribution in [2.24, 2.45) is 0 Å². The first kappa shape index (κ1) is 20.4. The highest BCUT2D eigenvalue weighted by atomic mass is 35.5. The SMILES string of the molecule is O=S(=O)(CC(c1ccccc1)c1cccnc1)c1cc(C(F)(F)F)ccc1Cl. The van der Waals surface area contributed by atoms with Gasteiger partial charge in [0.15, 0.2) is 9.84 Å². The third-order valence-corrected chi connectivity index (χ3v) is 6.49. The van der Waals surface area contributed by atoms with Crippen LogP contribution in [0.3, 0.4) is 0 Å². The number of nitrogens with zero attached hydrogens (tertiary/aromatic N) is 1. The van der Waals surface area contributed by atoms with Crippen LogP contribution in [0.2, 0.25) is 5.02 Å². The fourth-order valence-electron chi connectivity index (χ4n) is 2.88. The molecule has 0 spiro atoms. The number of benzene rings is 2. The van der Waals surface area contributed by atoms with Crippen LogP contribution >= 0.6 is 11.6 Å². The Morgan fingerprint density at radius 3 is 2.25 bits per heavy atom. The number of halogens is 4. The molecule has 1 unspecified atom stereocenters. The number of hydrogen-bond donors (Lipinski definition) is 0. The lowest BCUT2D eigenvalue weighted by Crippen LogP contribution is -2.18. The zero-order valence-corrected chi connectivity index (χ0v) is 16.0. The molecule has 0 N–H and O–H groups in total. The maximum absolute atomic E-state index is 13.0. The van der Waals surface area contributed by atoms with E-state index in [4.69, 9.17) is 11.6 Å². The van der Waals surface area contributed by atoms with Crippen LogP contribution in [0.15, 0.2) is 78.0 Å². The number of pyridine rings is 1. The Labute approximate surface area is 165 Å². The van der Waals surface area contributed by atoms with Crippen molar-refractivity contribution in [1.82, 2.24) is 4.98 Å². The van der Waals surface area contributed by atoms with Gasteiger partial charge in [0.2, 0.25) is 0 Å². The predicted molar refractivity (Wildman–Crippen MR) is 101 cm³/mol. The average molecular weight is 426 g/mol. The summed E-state index contributed by atoms with van der Waals surface area (Å²) in [7, 11) is -4.13. The van der Waals surface area contributed by atoms with Crippen LogP contribution in [-0.2, 0) is 16.0 Å². The van der Waals surface area contributed by atoms with E-state index in [-0.39, 0.29) is 5.02 Å². The zero-order chi connectivity index (χ0) is 20.4. The molecule has 28 heavy (non-hydrogen) atoms. The van der Waals surface area contributed by atoms with Crippen molar-refractivity contribution < 1.29 is 21.6 Å². The smallest absolute Gasteiger partial charge is 0.264 e. The standard InChI is InChI=1S/C20H15ClF3NO2S/c21-18-9-8-16(20(22,23)24)11-19(18)28(26,27)13-17(14-5-2-1-3-6-14)15-7-4-10-25-12-15/h1-12,17H,13H2. The summed E-state index contributed by atoms with van der Waals surface area (Å²) in [6.45, 7) is 0. The Morgan fingerprint density at radius 1 is 0.964 bits per heavy atom. The second-order valence-corrected chi connectivity index (χ2v) is 8.58. The van der Waals surface area contributed by atoms with Gasteiger partial charge in [-0.2, -0.15) is 13.2 Å². The number of alkyl halides is 3. The lowest BCUT2D eigenvalue weighted by Gasteiger charge is -2.19. The van der Waals surface area contributed by atoms with Crippen LogP contribution in [-0.4, -0.2) is 19.2 Å². The van der Waals surface area contributed by atoms with Crippen molar-refractivity contribution in [2.75, 3.05) is 5.75 Å². The van der Waals surface area contributed by atoms with Crippen molar-refractivity contribution in [3.63, 3.8) is 0 Å². The van der Waals surface area contributed by atoms with Crippen molar-refractivity contribution in [3.05, 3.63) is 94.8 Å². The van der Waals surface area contributed by atoms with Crippen molar-refractivity contribution in [2.45, 2.75) is 17.0 Å². The first-order chi connectivity index (χ1) is 13.2. The summed E-state index contributed by atoms with van der Waals surface area (Å²) in [4.78, 5) is 3.49. The van der Waals surface area contributed by atoms with Crippen molar-refractivity contribution >= 4 is 21.4 Å². The predicted octanol–water partition coefficient (Wildman–Crippen LogP) is 5.36. The molecule has 0 amide bonds. The zero-order valence-electron chi connectivity index (χ0n) is 14.4. The number of hydrogen-bond acceptors (Lipinski definition) is 3. The summed E-state index contributed by atoms with van der Waals surface area (Å²) in [5.74, 6) is -1.05. The van der Waals surface area contributed by atoms with E-state index in [2.05, 4.69) is 4.98 Å². The second-order valence-electron chi connectivity index (χ2n) is 6.17. The Kier molecular flexibility index (Phi) is 5.76. The van der Waals surface area contributed by atoms with Gasteiger partial charge < -0.3 is 0 Å². The molecule has 1 heterocycles. The van der Waals surface area contributed by atoms with Gasteiger partial charge in [0.05, 0.1) is 21.2 Å².